The predicted octanol–water partition coefficient (Wildman–Crippen LogP) is 3.39. The van der Waals surface area contributed by atoms with Gasteiger partial charge in [0.2, 0.25) is 0 Å². The molecule has 0 aliphatic heterocycles. The molecule has 0 spiro atoms. The molecule has 1 aliphatic carbocycles. The summed E-state index contributed by atoms with van der Waals surface area (Å²) in [5.41, 5.74) is 0.842. The summed E-state index contributed by atoms with van der Waals surface area (Å²) in [7, 11) is 0. The average molecular weight is 232 g/mol. The maximum absolute atomic E-state index is 11.8. The molecule has 17 heavy (non-hydrogen) atoms. The lowest BCUT2D eigenvalue weighted by molar-refractivity contribution is 0.238. The highest BCUT2D eigenvalue weighted by molar-refractivity contribution is 5.89. The number of urea groups is 1. The lowest BCUT2D eigenvalue weighted by Gasteiger charge is -2.27. The molecule has 1 aromatic rings. The van der Waals surface area contributed by atoms with Crippen molar-refractivity contribution in [2.45, 2.75) is 38.6 Å². The average Bonchev–Trinajstić information content (AvgIpc) is 2.30. The number of amides is 2. The van der Waals surface area contributed by atoms with Crippen LogP contribution in [-0.2, 0) is 0 Å². The third-order valence-corrected chi connectivity index (χ3v) is 3.30. The fourth-order valence-electron chi connectivity index (χ4n) is 2.44. The van der Waals surface area contributed by atoms with Crippen molar-refractivity contribution in [1.29, 1.82) is 0 Å². The van der Waals surface area contributed by atoms with Gasteiger partial charge >= 0.3 is 6.03 Å². The highest BCUT2D eigenvalue weighted by Crippen LogP contribution is 2.23. The van der Waals surface area contributed by atoms with Crippen LogP contribution in [0.1, 0.15) is 32.6 Å². The minimum Gasteiger partial charge on any atom is -0.335 e. The van der Waals surface area contributed by atoms with E-state index in [4.69, 9.17) is 0 Å². The molecule has 2 N–H and O–H groups in total. The van der Waals surface area contributed by atoms with Crippen LogP contribution in [0.2, 0.25) is 0 Å². The van der Waals surface area contributed by atoms with Crippen molar-refractivity contribution in [3.8, 4) is 0 Å². The monoisotopic (exact) mass is 232 g/mol. The zero-order valence-corrected chi connectivity index (χ0v) is 10.3. The quantitative estimate of drug-likeness (QED) is 0.806. The fraction of sp³-hybridized carbons (Fsp3) is 0.500. The topological polar surface area (TPSA) is 41.1 Å². The molecule has 2 amide bonds. The van der Waals surface area contributed by atoms with Gasteiger partial charge in [-0.25, -0.2) is 4.79 Å². The van der Waals surface area contributed by atoms with Gasteiger partial charge in [-0.1, -0.05) is 38.0 Å². The minimum atomic E-state index is -0.0877. The number of carbonyl (C=O) groups excluding carboxylic acids is 1. The lowest BCUT2D eigenvalue weighted by Crippen LogP contribution is -2.40. The molecule has 0 radical (unpaired) electrons. The van der Waals surface area contributed by atoms with Gasteiger partial charge in [-0.15, -0.1) is 0 Å². The SMILES string of the molecule is C[C@H]1CCC[C@@H](NC(=O)Nc2ccccc2)C1. The first-order chi connectivity index (χ1) is 8.24. The van der Waals surface area contributed by atoms with Gasteiger partial charge in [0.05, 0.1) is 0 Å². The van der Waals surface area contributed by atoms with Crippen molar-refractivity contribution < 1.29 is 4.79 Å². The van der Waals surface area contributed by atoms with Crippen molar-refractivity contribution >= 4 is 11.7 Å². The van der Waals surface area contributed by atoms with Gasteiger partial charge in [-0.3, -0.25) is 0 Å². The second-order valence-electron chi connectivity index (χ2n) is 4.93. The molecule has 0 heterocycles. The van der Waals surface area contributed by atoms with Crippen LogP contribution >= 0.6 is 0 Å². The molecule has 0 bridgehead atoms. The Morgan fingerprint density at radius 3 is 2.71 bits per heavy atom. The van der Waals surface area contributed by atoms with E-state index in [1.165, 1.54) is 12.8 Å². The van der Waals surface area contributed by atoms with E-state index in [9.17, 15) is 4.79 Å². The van der Waals surface area contributed by atoms with Crippen LogP contribution in [0, 0.1) is 5.92 Å². The minimum absolute atomic E-state index is 0.0877. The van der Waals surface area contributed by atoms with Crippen LogP contribution in [0.4, 0.5) is 10.5 Å². The van der Waals surface area contributed by atoms with Crippen LogP contribution < -0.4 is 10.6 Å². The molecule has 0 saturated heterocycles. The highest BCUT2D eigenvalue weighted by atomic mass is 16.2. The zero-order chi connectivity index (χ0) is 12.1. The summed E-state index contributed by atoms with van der Waals surface area (Å²) >= 11 is 0. The molecule has 1 saturated carbocycles. The first-order valence-electron chi connectivity index (χ1n) is 6.36. The molecule has 1 aromatic carbocycles. The van der Waals surface area contributed by atoms with Gasteiger partial charge in [0.1, 0.15) is 0 Å². The summed E-state index contributed by atoms with van der Waals surface area (Å²) < 4.78 is 0. The molecule has 2 rings (SSSR count). The van der Waals surface area contributed by atoms with E-state index in [1.807, 2.05) is 30.3 Å². The predicted molar refractivity (Wildman–Crippen MR) is 70.0 cm³/mol. The first-order valence-corrected chi connectivity index (χ1v) is 6.36. The molecule has 3 nitrogen and oxygen atoms in total. The fourth-order valence-corrected chi connectivity index (χ4v) is 2.44. The smallest absolute Gasteiger partial charge is 0.319 e. The summed E-state index contributed by atoms with van der Waals surface area (Å²) in [4.78, 5) is 11.8. The molecule has 3 heteroatoms. The molecule has 1 aliphatic rings. The van der Waals surface area contributed by atoms with Crippen molar-refractivity contribution in [2.24, 2.45) is 5.92 Å². The van der Waals surface area contributed by atoms with E-state index in [0.29, 0.717) is 6.04 Å². The highest BCUT2D eigenvalue weighted by Gasteiger charge is 2.20. The van der Waals surface area contributed by atoms with Crippen LogP contribution in [0.5, 0.6) is 0 Å². The largest absolute Gasteiger partial charge is 0.335 e. The maximum atomic E-state index is 11.8. The number of nitrogens with one attached hydrogen (secondary N) is 2. The Hall–Kier alpha value is -1.51. The number of hydrogen-bond acceptors (Lipinski definition) is 1. The summed E-state index contributed by atoms with van der Waals surface area (Å²) in [6.07, 6.45) is 4.71. The van der Waals surface area contributed by atoms with E-state index in [0.717, 1.165) is 24.4 Å². The second kappa shape index (κ2) is 5.71. The van der Waals surface area contributed by atoms with Gasteiger partial charge in [-0.2, -0.15) is 0 Å². The standard InChI is InChI=1S/C14H20N2O/c1-11-6-5-9-13(10-11)16-14(17)15-12-7-3-2-4-8-12/h2-4,7-8,11,13H,5-6,9-10H2,1H3,(H2,15,16,17)/t11-,13+/m0/s1. The second-order valence-corrected chi connectivity index (χ2v) is 4.93. The Morgan fingerprint density at radius 1 is 1.24 bits per heavy atom. The number of carbonyl (C=O) groups is 1. The molecule has 92 valence electrons. The van der Waals surface area contributed by atoms with Gasteiger partial charge in [0, 0.05) is 11.7 Å². The Kier molecular flexibility index (Phi) is 4.02. The zero-order valence-electron chi connectivity index (χ0n) is 10.3. The molecule has 0 unspecified atom stereocenters. The van der Waals surface area contributed by atoms with Crippen molar-refractivity contribution in [3.63, 3.8) is 0 Å². The molecule has 2 atom stereocenters. The van der Waals surface area contributed by atoms with Crippen LogP contribution in [0.25, 0.3) is 0 Å². The third kappa shape index (κ3) is 3.77. The molecular weight excluding hydrogens is 212 g/mol. The van der Waals surface area contributed by atoms with Crippen molar-refractivity contribution in [1.82, 2.24) is 5.32 Å². The van der Waals surface area contributed by atoms with E-state index in [1.54, 1.807) is 0 Å². The number of rotatable bonds is 2. The van der Waals surface area contributed by atoms with Crippen LogP contribution in [0.15, 0.2) is 30.3 Å². The summed E-state index contributed by atoms with van der Waals surface area (Å²) in [5.74, 6) is 0.728. The van der Waals surface area contributed by atoms with Gasteiger partial charge in [0.15, 0.2) is 0 Å². The number of benzene rings is 1. The maximum Gasteiger partial charge on any atom is 0.319 e. The summed E-state index contributed by atoms with van der Waals surface area (Å²) in [6.45, 7) is 2.25. The lowest BCUT2D eigenvalue weighted by atomic mass is 9.87. The Balaban J connectivity index is 1.81. The number of anilines is 1. The Morgan fingerprint density at radius 2 is 2.00 bits per heavy atom. The molecule has 1 fully saturated rings. The first kappa shape index (κ1) is 12.0. The molecule has 0 aromatic heterocycles. The van der Waals surface area contributed by atoms with Gasteiger partial charge in [-0.05, 0) is 30.9 Å². The van der Waals surface area contributed by atoms with E-state index < -0.39 is 0 Å². The molecular formula is C14H20N2O. The van der Waals surface area contributed by atoms with Crippen LogP contribution in [0.3, 0.4) is 0 Å². The Labute approximate surface area is 103 Å². The van der Waals surface area contributed by atoms with E-state index in [2.05, 4.69) is 17.6 Å². The van der Waals surface area contributed by atoms with Crippen LogP contribution in [-0.4, -0.2) is 12.1 Å². The normalized spacial score (nSPS) is 24.1. The van der Waals surface area contributed by atoms with Gasteiger partial charge in [0.25, 0.3) is 0 Å². The van der Waals surface area contributed by atoms with Crippen molar-refractivity contribution in [3.05, 3.63) is 30.3 Å². The Bertz CT molecular complexity index is 364. The summed E-state index contributed by atoms with van der Waals surface area (Å²) in [6, 6.07) is 9.80. The van der Waals surface area contributed by atoms with Gasteiger partial charge < -0.3 is 10.6 Å². The number of para-hydroxylation sites is 1. The van der Waals surface area contributed by atoms with E-state index >= 15 is 0 Å². The number of hydrogen-bond donors (Lipinski definition) is 2. The van der Waals surface area contributed by atoms with E-state index in [-0.39, 0.29) is 6.03 Å². The summed E-state index contributed by atoms with van der Waals surface area (Å²) in [5, 5.41) is 5.90. The van der Waals surface area contributed by atoms with Crippen molar-refractivity contribution in [2.75, 3.05) is 5.32 Å². The third-order valence-electron chi connectivity index (χ3n) is 3.30.